The Morgan fingerprint density at radius 2 is 2.12 bits per heavy atom. The van der Waals surface area contributed by atoms with Gasteiger partial charge in [0.25, 0.3) is 0 Å². The van der Waals surface area contributed by atoms with Crippen molar-refractivity contribution in [2.24, 2.45) is 0 Å². The van der Waals surface area contributed by atoms with Gasteiger partial charge in [-0.3, -0.25) is 4.79 Å². The van der Waals surface area contributed by atoms with Crippen LogP contribution in [0.3, 0.4) is 0 Å². The predicted octanol–water partition coefficient (Wildman–Crippen LogP) is 1.67. The van der Waals surface area contributed by atoms with Gasteiger partial charge in [-0.1, -0.05) is 12.2 Å². The highest BCUT2D eigenvalue weighted by Crippen LogP contribution is 2.14. The number of aliphatic carboxylic acids is 2. The molecule has 1 saturated heterocycles. The SMILES string of the molecule is C/C(=C\CC1CO1)C(=O)O.C=CC(Cl)C(=O)O. The molecule has 0 radical (unpaired) electrons. The van der Waals surface area contributed by atoms with Gasteiger partial charge >= 0.3 is 11.9 Å². The van der Waals surface area contributed by atoms with E-state index in [1.807, 2.05) is 0 Å². The molecule has 1 fully saturated rings. The molecule has 0 aromatic heterocycles. The minimum Gasteiger partial charge on any atom is -0.480 e. The van der Waals surface area contributed by atoms with Crippen LogP contribution in [0.1, 0.15) is 13.3 Å². The fraction of sp³-hybridized carbons (Fsp3) is 0.455. The molecule has 1 aliphatic heterocycles. The van der Waals surface area contributed by atoms with Crippen molar-refractivity contribution in [3.05, 3.63) is 24.3 Å². The predicted molar refractivity (Wildman–Crippen MR) is 63.2 cm³/mol. The van der Waals surface area contributed by atoms with E-state index in [-0.39, 0.29) is 6.10 Å². The fourth-order valence-corrected chi connectivity index (χ4v) is 0.700. The van der Waals surface area contributed by atoms with E-state index in [1.165, 1.54) is 0 Å². The minimum atomic E-state index is -1.06. The second kappa shape index (κ2) is 7.86. The zero-order valence-electron chi connectivity index (χ0n) is 9.43. The van der Waals surface area contributed by atoms with Crippen LogP contribution in [-0.2, 0) is 14.3 Å². The summed E-state index contributed by atoms with van der Waals surface area (Å²) in [6, 6.07) is 0. The molecule has 6 heteroatoms. The van der Waals surface area contributed by atoms with Crippen LogP contribution in [0.5, 0.6) is 0 Å². The number of rotatable bonds is 5. The Morgan fingerprint density at radius 3 is 2.35 bits per heavy atom. The van der Waals surface area contributed by atoms with Crippen LogP contribution in [0.25, 0.3) is 0 Å². The van der Waals surface area contributed by atoms with Gasteiger partial charge < -0.3 is 14.9 Å². The van der Waals surface area contributed by atoms with E-state index < -0.39 is 17.3 Å². The second-order valence-corrected chi connectivity index (χ2v) is 3.83. The van der Waals surface area contributed by atoms with Gasteiger partial charge in [-0.15, -0.1) is 18.2 Å². The lowest BCUT2D eigenvalue weighted by atomic mass is 10.2. The zero-order valence-corrected chi connectivity index (χ0v) is 10.2. The van der Waals surface area contributed by atoms with E-state index in [1.54, 1.807) is 13.0 Å². The summed E-state index contributed by atoms with van der Waals surface area (Å²) in [5.74, 6) is -1.91. The van der Waals surface area contributed by atoms with Gasteiger partial charge in [0.1, 0.15) is 5.38 Å². The van der Waals surface area contributed by atoms with Crippen LogP contribution in [0.2, 0.25) is 0 Å². The van der Waals surface area contributed by atoms with Gasteiger partial charge in [0.15, 0.2) is 0 Å². The number of ether oxygens (including phenoxy) is 1. The Balaban J connectivity index is 0.000000325. The highest BCUT2D eigenvalue weighted by Gasteiger charge is 2.20. The number of hydrogen-bond donors (Lipinski definition) is 2. The number of hydrogen-bond acceptors (Lipinski definition) is 3. The van der Waals surface area contributed by atoms with Crippen LogP contribution < -0.4 is 0 Å². The van der Waals surface area contributed by atoms with Gasteiger partial charge in [-0.25, -0.2) is 4.79 Å². The van der Waals surface area contributed by atoms with Crippen molar-refractivity contribution in [1.29, 1.82) is 0 Å². The Hall–Kier alpha value is -1.33. The lowest BCUT2D eigenvalue weighted by Gasteiger charge is -1.89. The van der Waals surface area contributed by atoms with Gasteiger partial charge in [0.2, 0.25) is 0 Å². The summed E-state index contributed by atoms with van der Waals surface area (Å²) in [7, 11) is 0. The summed E-state index contributed by atoms with van der Waals surface area (Å²) in [5.41, 5.74) is 0.399. The zero-order chi connectivity index (χ0) is 13.4. The first-order valence-electron chi connectivity index (χ1n) is 4.89. The maximum absolute atomic E-state index is 10.2. The van der Waals surface area contributed by atoms with E-state index >= 15 is 0 Å². The summed E-state index contributed by atoms with van der Waals surface area (Å²) >= 11 is 5.08. The quantitative estimate of drug-likeness (QED) is 0.341. The van der Waals surface area contributed by atoms with Crippen molar-refractivity contribution < 1.29 is 24.5 Å². The molecule has 1 heterocycles. The molecule has 2 unspecified atom stereocenters. The smallest absolute Gasteiger partial charge is 0.330 e. The van der Waals surface area contributed by atoms with Crippen LogP contribution >= 0.6 is 11.6 Å². The van der Waals surface area contributed by atoms with Gasteiger partial charge in [0, 0.05) is 5.57 Å². The summed E-state index contributed by atoms with van der Waals surface area (Å²) in [5, 5.41) is 15.4. The standard InChI is InChI=1S/C7H10O3.C4H5ClO2/c1-5(7(8)9)2-3-6-4-10-6;1-2-3(5)4(6)7/h2,6H,3-4H2,1H3,(H,8,9);2-3H,1H2,(H,6,7)/b5-2+;. The summed E-state index contributed by atoms with van der Waals surface area (Å²) in [6.07, 6.45) is 3.87. The number of carboxylic acids is 2. The van der Waals surface area contributed by atoms with Crippen molar-refractivity contribution in [2.45, 2.75) is 24.8 Å². The number of halogens is 1. The summed E-state index contributed by atoms with van der Waals surface area (Å²) in [4.78, 5) is 20.0. The molecule has 2 atom stereocenters. The third kappa shape index (κ3) is 8.47. The van der Waals surface area contributed by atoms with Crippen molar-refractivity contribution in [3.8, 4) is 0 Å². The fourth-order valence-electron chi connectivity index (χ4n) is 0.700. The average Bonchev–Trinajstić information content (AvgIpc) is 3.09. The molecule has 0 aromatic rings. The number of carbonyl (C=O) groups is 2. The first kappa shape index (κ1) is 15.7. The average molecular weight is 263 g/mol. The first-order chi connectivity index (χ1) is 7.88. The molecule has 1 rings (SSSR count). The van der Waals surface area contributed by atoms with Gasteiger partial charge in [-0.2, -0.15) is 0 Å². The lowest BCUT2D eigenvalue weighted by molar-refractivity contribution is -0.135. The van der Waals surface area contributed by atoms with Crippen molar-refractivity contribution in [1.82, 2.24) is 0 Å². The van der Waals surface area contributed by atoms with E-state index in [0.717, 1.165) is 19.1 Å². The monoisotopic (exact) mass is 262 g/mol. The molecular formula is C11H15ClO5. The van der Waals surface area contributed by atoms with Crippen molar-refractivity contribution in [2.75, 3.05) is 6.61 Å². The van der Waals surface area contributed by atoms with Crippen LogP contribution in [-0.4, -0.2) is 40.2 Å². The number of alkyl halides is 1. The summed E-state index contributed by atoms with van der Waals surface area (Å²) in [6.45, 7) is 5.54. The second-order valence-electron chi connectivity index (χ2n) is 3.36. The van der Waals surface area contributed by atoms with E-state index in [9.17, 15) is 9.59 Å². The molecule has 1 aliphatic rings. The molecule has 96 valence electrons. The van der Waals surface area contributed by atoms with Crippen LogP contribution in [0, 0.1) is 0 Å². The Labute approximate surface area is 104 Å². The molecular weight excluding hydrogens is 248 g/mol. The molecule has 0 amide bonds. The number of epoxide rings is 1. The summed E-state index contributed by atoms with van der Waals surface area (Å²) < 4.78 is 4.90. The molecule has 17 heavy (non-hydrogen) atoms. The molecule has 0 spiro atoms. The maximum atomic E-state index is 10.2. The molecule has 0 bridgehead atoms. The largest absolute Gasteiger partial charge is 0.480 e. The third-order valence-corrected chi connectivity index (χ3v) is 2.23. The highest BCUT2D eigenvalue weighted by atomic mass is 35.5. The van der Waals surface area contributed by atoms with E-state index in [2.05, 4.69) is 6.58 Å². The van der Waals surface area contributed by atoms with Crippen LogP contribution in [0.4, 0.5) is 0 Å². The lowest BCUT2D eigenvalue weighted by Crippen LogP contribution is -2.08. The molecule has 5 nitrogen and oxygen atoms in total. The van der Waals surface area contributed by atoms with Crippen molar-refractivity contribution in [3.63, 3.8) is 0 Å². The normalized spacial score (nSPS) is 19.6. The van der Waals surface area contributed by atoms with Gasteiger partial charge in [-0.05, 0) is 13.3 Å². The first-order valence-corrected chi connectivity index (χ1v) is 5.33. The molecule has 0 saturated carbocycles. The van der Waals surface area contributed by atoms with Crippen LogP contribution in [0.15, 0.2) is 24.3 Å². The molecule has 0 aromatic carbocycles. The molecule has 2 N–H and O–H groups in total. The Kier molecular flexibility index (Phi) is 7.25. The highest BCUT2D eigenvalue weighted by molar-refractivity contribution is 6.30. The van der Waals surface area contributed by atoms with Crippen molar-refractivity contribution >= 4 is 23.5 Å². The topological polar surface area (TPSA) is 87.1 Å². The Morgan fingerprint density at radius 1 is 1.59 bits per heavy atom. The third-order valence-electron chi connectivity index (χ3n) is 1.87. The molecule has 0 aliphatic carbocycles. The van der Waals surface area contributed by atoms with Gasteiger partial charge in [0.05, 0.1) is 12.7 Å². The Bertz CT molecular complexity index is 320. The minimum absolute atomic E-state index is 0.286. The van der Waals surface area contributed by atoms with E-state index in [0.29, 0.717) is 5.57 Å². The maximum Gasteiger partial charge on any atom is 0.330 e. The van der Waals surface area contributed by atoms with E-state index in [4.69, 9.17) is 26.6 Å². The number of carboxylic acid groups (broad SMARTS) is 2.